The van der Waals surface area contributed by atoms with E-state index in [0.717, 1.165) is 55.1 Å². The minimum absolute atomic E-state index is 0.601. The topological polar surface area (TPSA) is 44.1 Å². The molecule has 0 atom stereocenters. The number of furan rings is 1. The zero-order valence-corrected chi connectivity index (χ0v) is 22.9. The van der Waals surface area contributed by atoms with Crippen LogP contribution in [0.2, 0.25) is 0 Å². The zero-order chi connectivity index (χ0) is 28.1. The summed E-state index contributed by atoms with van der Waals surface area (Å²) in [6.45, 7) is 0. The molecule has 4 heteroatoms. The van der Waals surface area contributed by atoms with E-state index >= 15 is 0 Å². The quantitative estimate of drug-likeness (QED) is 0.215. The van der Waals surface area contributed by atoms with Gasteiger partial charge in [-0.3, -0.25) is 0 Å². The minimum atomic E-state index is 0.601. The Hall–Kier alpha value is -5.87. The summed E-state index contributed by atoms with van der Waals surface area (Å²) in [5, 5.41) is 9.25. The summed E-state index contributed by atoms with van der Waals surface area (Å²) in [5.74, 6) is 0.601. The number of benzene rings is 7. The highest BCUT2D eigenvalue weighted by Crippen LogP contribution is 2.41. The van der Waals surface area contributed by atoms with Gasteiger partial charge in [-0.25, -0.2) is 4.98 Å². The first-order chi connectivity index (χ1) is 21.3. The minimum Gasteiger partial charge on any atom is -0.456 e. The summed E-state index contributed by atoms with van der Waals surface area (Å²) in [4.78, 5) is 4.98. The zero-order valence-electron chi connectivity index (χ0n) is 22.9. The van der Waals surface area contributed by atoms with Gasteiger partial charge in [-0.1, -0.05) is 91.0 Å². The third-order valence-corrected chi connectivity index (χ3v) is 8.83. The fourth-order valence-electron chi connectivity index (χ4n) is 6.97. The summed E-state index contributed by atoms with van der Waals surface area (Å²) in [5.41, 5.74) is 7.67. The van der Waals surface area contributed by atoms with Crippen LogP contribution in [0.15, 0.2) is 142 Å². The molecule has 4 nitrogen and oxygen atoms in total. The lowest BCUT2D eigenvalue weighted by Gasteiger charge is -2.13. The second kappa shape index (κ2) is 8.34. The maximum Gasteiger partial charge on any atom is 0.227 e. The Bertz CT molecular complexity index is 2740. The monoisotopic (exact) mass is 550 g/mol. The van der Waals surface area contributed by atoms with Crippen LogP contribution in [0, 0.1) is 0 Å². The average Bonchev–Trinajstić information content (AvgIpc) is 3.76. The predicted octanol–water partition coefficient (Wildman–Crippen LogP) is 10.8. The van der Waals surface area contributed by atoms with E-state index in [1.807, 2.05) is 30.3 Å². The van der Waals surface area contributed by atoms with Crippen LogP contribution in [-0.2, 0) is 0 Å². The average molecular weight is 551 g/mol. The largest absolute Gasteiger partial charge is 0.456 e. The van der Waals surface area contributed by atoms with E-state index in [-0.39, 0.29) is 0 Å². The van der Waals surface area contributed by atoms with Crippen LogP contribution in [0.5, 0.6) is 0 Å². The van der Waals surface area contributed by atoms with Gasteiger partial charge in [0.2, 0.25) is 5.89 Å². The van der Waals surface area contributed by atoms with Crippen molar-refractivity contribution in [2.45, 2.75) is 0 Å². The van der Waals surface area contributed by atoms with E-state index in [0.29, 0.717) is 5.89 Å². The van der Waals surface area contributed by atoms with E-state index in [1.165, 1.54) is 32.6 Å². The van der Waals surface area contributed by atoms with Crippen LogP contribution in [0.1, 0.15) is 0 Å². The Morgan fingerprint density at radius 1 is 0.465 bits per heavy atom. The van der Waals surface area contributed by atoms with E-state index < -0.39 is 0 Å². The van der Waals surface area contributed by atoms with Crippen molar-refractivity contribution in [3.05, 3.63) is 133 Å². The van der Waals surface area contributed by atoms with Crippen molar-refractivity contribution < 1.29 is 8.83 Å². The predicted molar refractivity (Wildman–Crippen MR) is 176 cm³/mol. The molecule has 0 spiro atoms. The normalized spacial score (nSPS) is 12.2. The molecular formula is C39H22N2O2. The van der Waals surface area contributed by atoms with Gasteiger partial charge in [0.15, 0.2) is 5.58 Å². The number of fused-ring (bicyclic) bond motifs is 11. The maximum atomic E-state index is 6.58. The fourth-order valence-corrected chi connectivity index (χ4v) is 6.97. The molecule has 7 aromatic carbocycles. The van der Waals surface area contributed by atoms with Crippen molar-refractivity contribution in [3.63, 3.8) is 0 Å². The van der Waals surface area contributed by atoms with Gasteiger partial charge >= 0.3 is 0 Å². The first-order valence-electron chi connectivity index (χ1n) is 14.5. The molecule has 10 rings (SSSR count). The lowest BCUT2D eigenvalue weighted by atomic mass is 10.0. The maximum absolute atomic E-state index is 6.58. The van der Waals surface area contributed by atoms with Crippen LogP contribution in [0.4, 0.5) is 0 Å². The lowest BCUT2D eigenvalue weighted by molar-refractivity contribution is 0.623. The number of aromatic nitrogens is 2. The summed E-state index contributed by atoms with van der Waals surface area (Å²) < 4.78 is 15.1. The molecule has 0 aliphatic rings. The molecule has 3 aromatic heterocycles. The number of rotatable bonds is 2. The van der Waals surface area contributed by atoms with Gasteiger partial charge in [-0.15, -0.1) is 0 Å². The van der Waals surface area contributed by atoms with Gasteiger partial charge in [0.05, 0.1) is 22.1 Å². The van der Waals surface area contributed by atoms with Crippen LogP contribution >= 0.6 is 0 Å². The van der Waals surface area contributed by atoms with Crippen molar-refractivity contribution in [2.24, 2.45) is 0 Å². The molecule has 0 N–H and O–H groups in total. The van der Waals surface area contributed by atoms with Crippen LogP contribution in [-0.4, -0.2) is 9.55 Å². The summed E-state index contributed by atoms with van der Waals surface area (Å²) in [6, 6.07) is 46.7. The highest BCUT2D eigenvalue weighted by molar-refractivity contribution is 6.22. The molecule has 10 aromatic rings. The summed E-state index contributed by atoms with van der Waals surface area (Å²) >= 11 is 0. The number of hydrogen-bond donors (Lipinski definition) is 0. The first kappa shape index (κ1) is 22.8. The number of oxazole rings is 1. The van der Waals surface area contributed by atoms with Gasteiger partial charge in [0.1, 0.15) is 16.7 Å². The molecule has 0 saturated carbocycles. The highest BCUT2D eigenvalue weighted by Gasteiger charge is 2.20. The summed E-state index contributed by atoms with van der Waals surface area (Å²) in [6.07, 6.45) is 0. The van der Waals surface area contributed by atoms with Crippen molar-refractivity contribution in [1.82, 2.24) is 9.55 Å². The lowest BCUT2D eigenvalue weighted by Crippen LogP contribution is -1.96. The molecule has 0 aliphatic carbocycles. The summed E-state index contributed by atoms with van der Waals surface area (Å²) in [7, 11) is 0. The Morgan fingerprint density at radius 3 is 2.12 bits per heavy atom. The Morgan fingerprint density at radius 2 is 1.21 bits per heavy atom. The van der Waals surface area contributed by atoms with Crippen molar-refractivity contribution >= 4 is 76.4 Å². The van der Waals surface area contributed by atoms with Gasteiger partial charge in [-0.2, -0.15) is 0 Å². The molecule has 200 valence electrons. The first-order valence-corrected chi connectivity index (χ1v) is 14.5. The second-order valence-corrected chi connectivity index (χ2v) is 11.1. The van der Waals surface area contributed by atoms with Crippen molar-refractivity contribution in [1.29, 1.82) is 0 Å². The smallest absolute Gasteiger partial charge is 0.227 e. The van der Waals surface area contributed by atoms with E-state index in [4.69, 9.17) is 13.8 Å². The Balaban J connectivity index is 1.26. The van der Waals surface area contributed by atoms with Gasteiger partial charge in [0, 0.05) is 27.1 Å². The Kier molecular flexibility index (Phi) is 4.42. The molecule has 0 unspecified atom stereocenters. The third-order valence-electron chi connectivity index (χ3n) is 8.83. The standard InChI is InChI=1S/C39H22N2O2/c1-2-10-24-23(9-1)17-20-33-36(24)28-13-5-7-15-31(28)41(33)32-21-18-27(25-11-3-4-12-26(25)32)39-40-30-19-22-35-37(38(30)43-39)29-14-6-8-16-34(29)42-35/h1-22H. The van der Waals surface area contributed by atoms with Crippen LogP contribution in [0.25, 0.3) is 93.5 Å². The second-order valence-electron chi connectivity index (χ2n) is 11.1. The molecule has 0 fully saturated rings. The third kappa shape index (κ3) is 3.07. The molecule has 0 bridgehead atoms. The molecule has 43 heavy (non-hydrogen) atoms. The van der Waals surface area contributed by atoms with Gasteiger partial charge in [-0.05, 0) is 58.6 Å². The highest BCUT2D eigenvalue weighted by atomic mass is 16.4. The van der Waals surface area contributed by atoms with E-state index in [1.54, 1.807) is 0 Å². The van der Waals surface area contributed by atoms with Crippen LogP contribution in [0.3, 0.4) is 0 Å². The molecule has 0 radical (unpaired) electrons. The van der Waals surface area contributed by atoms with Gasteiger partial charge in [0.25, 0.3) is 0 Å². The number of para-hydroxylation sites is 2. The number of nitrogens with zero attached hydrogens (tertiary/aromatic N) is 2. The molecule has 0 amide bonds. The van der Waals surface area contributed by atoms with Crippen molar-refractivity contribution in [3.8, 4) is 17.1 Å². The SMILES string of the molecule is c1ccc2c(c1)ccc1c2c2ccccc2n1-c1ccc(-c2nc3ccc4oc5ccccc5c4c3o2)c2ccccc12. The van der Waals surface area contributed by atoms with Gasteiger partial charge < -0.3 is 13.4 Å². The molecule has 3 heterocycles. The van der Waals surface area contributed by atoms with E-state index in [9.17, 15) is 0 Å². The van der Waals surface area contributed by atoms with Crippen molar-refractivity contribution in [2.75, 3.05) is 0 Å². The fraction of sp³-hybridized carbons (Fsp3) is 0. The number of hydrogen-bond acceptors (Lipinski definition) is 3. The molecular weight excluding hydrogens is 528 g/mol. The van der Waals surface area contributed by atoms with E-state index in [2.05, 4.69) is 108 Å². The molecule has 0 aliphatic heterocycles. The Labute approximate surface area is 245 Å². The van der Waals surface area contributed by atoms with Crippen LogP contribution < -0.4 is 0 Å². The molecule has 0 saturated heterocycles.